The van der Waals surface area contributed by atoms with E-state index >= 15 is 0 Å². The molecule has 0 saturated heterocycles. The molecule has 0 unspecified atom stereocenters. The van der Waals surface area contributed by atoms with Gasteiger partial charge >= 0.3 is 0 Å². The fourth-order valence-electron chi connectivity index (χ4n) is 1.36. The minimum atomic E-state index is 0.455. The fourth-order valence-corrected chi connectivity index (χ4v) is 1.36. The average Bonchev–Trinajstić information content (AvgIpc) is 1.79. The number of hydrogen-bond acceptors (Lipinski definition) is 0. The Morgan fingerprint density at radius 1 is 1.50 bits per heavy atom. The summed E-state index contributed by atoms with van der Waals surface area (Å²) in [4.78, 5) is 0. The normalized spacial score (nSPS) is 24.3. The van der Waals surface area contributed by atoms with Gasteiger partial charge in [0.25, 0.3) is 0 Å². The highest BCUT2D eigenvalue weighted by molar-refractivity contribution is 5.30. The second kappa shape index (κ2) is 2.26. The standard InChI is InChI=1S/C10H16/c1-8-5-6-10(3,4)7-9(8)2/h5H,2,6-7H2,1,3-4H3. The van der Waals surface area contributed by atoms with Gasteiger partial charge in [0.15, 0.2) is 0 Å². The molecule has 0 atom stereocenters. The van der Waals surface area contributed by atoms with Crippen LogP contribution in [0.1, 0.15) is 33.6 Å². The Hall–Kier alpha value is -0.520. The lowest BCUT2D eigenvalue weighted by Crippen LogP contribution is -2.15. The average molecular weight is 136 g/mol. The maximum absolute atomic E-state index is 4.02. The first-order valence-electron chi connectivity index (χ1n) is 3.86. The van der Waals surface area contributed by atoms with Gasteiger partial charge in [-0.3, -0.25) is 0 Å². The molecule has 0 radical (unpaired) electrons. The van der Waals surface area contributed by atoms with Crippen LogP contribution in [-0.2, 0) is 0 Å². The molecule has 0 heterocycles. The molecule has 0 bridgehead atoms. The summed E-state index contributed by atoms with van der Waals surface area (Å²) >= 11 is 0. The van der Waals surface area contributed by atoms with Crippen molar-refractivity contribution in [3.8, 4) is 0 Å². The Morgan fingerprint density at radius 3 is 2.50 bits per heavy atom. The summed E-state index contributed by atoms with van der Waals surface area (Å²) in [5, 5.41) is 0. The SMILES string of the molecule is C=C1CC(C)(C)CC=C1C. The van der Waals surface area contributed by atoms with E-state index in [1.807, 2.05) is 0 Å². The van der Waals surface area contributed by atoms with Crippen LogP contribution < -0.4 is 0 Å². The highest BCUT2D eigenvalue weighted by Crippen LogP contribution is 2.36. The van der Waals surface area contributed by atoms with Gasteiger partial charge in [-0.05, 0) is 25.2 Å². The molecule has 0 spiro atoms. The highest BCUT2D eigenvalue weighted by atomic mass is 14.3. The number of hydrogen-bond donors (Lipinski definition) is 0. The van der Waals surface area contributed by atoms with E-state index in [0.717, 1.165) is 6.42 Å². The Balaban J connectivity index is 2.79. The van der Waals surface area contributed by atoms with Crippen LogP contribution >= 0.6 is 0 Å². The smallest absolute Gasteiger partial charge is 0.0228 e. The summed E-state index contributed by atoms with van der Waals surface area (Å²) in [6.07, 6.45) is 4.67. The number of allylic oxidation sites excluding steroid dienone is 3. The summed E-state index contributed by atoms with van der Waals surface area (Å²) in [6.45, 7) is 10.8. The van der Waals surface area contributed by atoms with Gasteiger partial charge in [-0.1, -0.05) is 37.6 Å². The Kier molecular flexibility index (Phi) is 1.72. The summed E-state index contributed by atoms with van der Waals surface area (Å²) in [6, 6.07) is 0. The summed E-state index contributed by atoms with van der Waals surface area (Å²) in [5.41, 5.74) is 3.16. The van der Waals surface area contributed by atoms with Gasteiger partial charge in [0.2, 0.25) is 0 Å². The van der Waals surface area contributed by atoms with Crippen molar-refractivity contribution in [2.75, 3.05) is 0 Å². The molecule has 0 fully saturated rings. The van der Waals surface area contributed by atoms with E-state index in [0.29, 0.717) is 5.41 Å². The quantitative estimate of drug-likeness (QED) is 0.479. The van der Waals surface area contributed by atoms with Crippen molar-refractivity contribution >= 4 is 0 Å². The lowest BCUT2D eigenvalue weighted by Gasteiger charge is -2.29. The third kappa shape index (κ3) is 1.50. The minimum absolute atomic E-state index is 0.455. The van der Waals surface area contributed by atoms with Gasteiger partial charge in [-0.15, -0.1) is 0 Å². The van der Waals surface area contributed by atoms with Crippen molar-refractivity contribution in [2.45, 2.75) is 33.6 Å². The van der Waals surface area contributed by atoms with Gasteiger partial charge in [0.05, 0.1) is 0 Å². The zero-order valence-corrected chi connectivity index (χ0v) is 7.20. The van der Waals surface area contributed by atoms with Crippen LogP contribution in [0, 0.1) is 5.41 Å². The second-order valence-corrected chi connectivity index (χ2v) is 4.04. The van der Waals surface area contributed by atoms with Crippen LogP contribution in [0.15, 0.2) is 23.8 Å². The lowest BCUT2D eigenvalue weighted by atomic mass is 9.76. The predicted molar refractivity (Wildman–Crippen MR) is 45.9 cm³/mol. The second-order valence-electron chi connectivity index (χ2n) is 4.04. The molecule has 1 aliphatic rings. The maximum Gasteiger partial charge on any atom is -0.0228 e. The molecule has 56 valence electrons. The molecule has 1 aliphatic carbocycles. The van der Waals surface area contributed by atoms with Crippen LogP contribution in [0.25, 0.3) is 0 Å². The molecular formula is C10H16. The Morgan fingerprint density at radius 2 is 2.10 bits per heavy atom. The Labute approximate surface area is 63.6 Å². The first kappa shape index (κ1) is 7.59. The number of rotatable bonds is 0. The van der Waals surface area contributed by atoms with E-state index in [-0.39, 0.29) is 0 Å². The van der Waals surface area contributed by atoms with Crippen molar-refractivity contribution in [1.29, 1.82) is 0 Å². The Bertz CT molecular complexity index is 182. The van der Waals surface area contributed by atoms with Crippen LogP contribution in [0.2, 0.25) is 0 Å². The molecule has 0 aromatic heterocycles. The molecule has 0 heteroatoms. The van der Waals surface area contributed by atoms with Crippen molar-refractivity contribution in [3.63, 3.8) is 0 Å². The predicted octanol–water partition coefficient (Wildman–Crippen LogP) is 3.31. The van der Waals surface area contributed by atoms with Crippen LogP contribution in [-0.4, -0.2) is 0 Å². The fraction of sp³-hybridized carbons (Fsp3) is 0.600. The van der Waals surface area contributed by atoms with Crippen molar-refractivity contribution in [1.82, 2.24) is 0 Å². The van der Waals surface area contributed by atoms with Gasteiger partial charge in [-0.2, -0.15) is 0 Å². The van der Waals surface area contributed by atoms with Crippen molar-refractivity contribution < 1.29 is 0 Å². The summed E-state index contributed by atoms with van der Waals surface area (Å²) < 4.78 is 0. The largest absolute Gasteiger partial charge is 0.0956 e. The van der Waals surface area contributed by atoms with Crippen LogP contribution in [0.3, 0.4) is 0 Å². The van der Waals surface area contributed by atoms with E-state index in [1.54, 1.807) is 0 Å². The van der Waals surface area contributed by atoms with E-state index in [9.17, 15) is 0 Å². The molecule has 10 heavy (non-hydrogen) atoms. The topological polar surface area (TPSA) is 0 Å². The van der Waals surface area contributed by atoms with E-state index in [4.69, 9.17) is 0 Å². The van der Waals surface area contributed by atoms with E-state index in [2.05, 4.69) is 33.4 Å². The zero-order valence-electron chi connectivity index (χ0n) is 7.20. The van der Waals surface area contributed by atoms with Gasteiger partial charge in [0.1, 0.15) is 0 Å². The van der Waals surface area contributed by atoms with E-state index < -0.39 is 0 Å². The molecule has 0 saturated carbocycles. The van der Waals surface area contributed by atoms with Crippen LogP contribution in [0.4, 0.5) is 0 Å². The molecule has 0 nitrogen and oxygen atoms in total. The molecule has 0 amide bonds. The first-order chi connectivity index (χ1) is 4.51. The molecule has 0 aliphatic heterocycles. The third-order valence-electron chi connectivity index (χ3n) is 2.21. The molecular weight excluding hydrogens is 120 g/mol. The van der Waals surface area contributed by atoms with Gasteiger partial charge < -0.3 is 0 Å². The summed E-state index contributed by atoms with van der Waals surface area (Å²) in [5.74, 6) is 0. The lowest BCUT2D eigenvalue weighted by molar-refractivity contribution is 0.359. The minimum Gasteiger partial charge on any atom is -0.0956 e. The van der Waals surface area contributed by atoms with Gasteiger partial charge in [0, 0.05) is 0 Å². The molecule has 0 aromatic carbocycles. The molecule has 0 aromatic rings. The van der Waals surface area contributed by atoms with Crippen LogP contribution in [0.5, 0.6) is 0 Å². The molecule has 0 N–H and O–H groups in total. The van der Waals surface area contributed by atoms with Crippen molar-refractivity contribution in [3.05, 3.63) is 23.8 Å². The van der Waals surface area contributed by atoms with Gasteiger partial charge in [-0.25, -0.2) is 0 Å². The monoisotopic (exact) mass is 136 g/mol. The highest BCUT2D eigenvalue weighted by Gasteiger charge is 2.21. The third-order valence-corrected chi connectivity index (χ3v) is 2.21. The zero-order chi connectivity index (χ0) is 7.78. The van der Waals surface area contributed by atoms with E-state index in [1.165, 1.54) is 17.6 Å². The van der Waals surface area contributed by atoms with Crippen molar-refractivity contribution in [2.24, 2.45) is 5.41 Å². The summed E-state index contributed by atoms with van der Waals surface area (Å²) in [7, 11) is 0. The maximum atomic E-state index is 4.02. The first-order valence-corrected chi connectivity index (χ1v) is 3.86. The molecule has 1 rings (SSSR count).